The van der Waals surface area contributed by atoms with Crippen molar-refractivity contribution >= 4 is 5.91 Å². The maximum Gasteiger partial charge on any atom is 0.235 e. The summed E-state index contributed by atoms with van der Waals surface area (Å²) in [5.74, 6) is -0.671. The number of azide groups is 1. The molecule has 0 fully saturated rings. The van der Waals surface area contributed by atoms with Gasteiger partial charge < -0.3 is 26.2 Å². The van der Waals surface area contributed by atoms with Crippen LogP contribution in [-0.2, 0) is 4.79 Å². The van der Waals surface area contributed by atoms with Crippen LogP contribution in [-0.4, -0.2) is 81.8 Å². The Kier molecular flexibility index (Phi) is 8.95. The Bertz CT molecular complexity index is 401. The van der Waals surface area contributed by atoms with E-state index in [1.54, 1.807) is 20.9 Å². The van der Waals surface area contributed by atoms with Gasteiger partial charge in [0, 0.05) is 11.5 Å². The fraction of sp³-hybridized carbons (Fsp3) is 0.917. The van der Waals surface area contributed by atoms with Crippen LogP contribution in [0.5, 0.6) is 0 Å². The highest BCUT2D eigenvalue weighted by Crippen LogP contribution is 2.12. The van der Waals surface area contributed by atoms with Crippen molar-refractivity contribution in [1.29, 1.82) is 0 Å². The summed E-state index contributed by atoms with van der Waals surface area (Å²) >= 11 is 0. The SMILES string of the molecule is CC(C)C(C(N)=O)N(C)CC(O)C(O)C(O)C(O)CN=[N+]=[N-]. The number of aliphatic hydroxyl groups excluding tert-OH is 4. The number of aliphatic hydroxyl groups is 4. The van der Waals surface area contributed by atoms with Gasteiger partial charge in [-0.05, 0) is 18.5 Å². The molecular formula is C12H25N5O5. The van der Waals surface area contributed by atoms with Crippen LogP contribution in [0.25, 0.3) is 10.4 Å². The third-order valence-electron chi connectivity index (χ3n) is 3.34. The molecule has 5 unspecified atom stereocenters. The summed E-state index contributed by atoms with van der Waals surface area (Å²) in [6.45, 7) is 2.99. The summed E-state index contributed by atoms with van der Waals surface area (Å²) in [6, 6.07) is -0.646. The van der Waals surface area contributed by atoms with Gasteiger partial charge in [0.15, 0.2) is 0 Å². The minimum Gasteiger partial charge on any atom is -0.390 e. The average Bonchev–Trinajstić information content (AvgIpc) is 2.41. The monoisotopic (exact) mass is 319 g/mol. The van der Waals surface area contributed by atoms with Crippen LogP contribution >= 0.6 is 0 Å². The first kappa shape index (κ1) is 20.6. The summed E-state index contributed by atoms with van der Waals surface area (Å²) in [6.07, 6.45) is -6.31. The van der Waals surface area contributed by atoms with Crippen molar-refractivity contribution in [3.8, 4) is 0 Å². The number of hydrogen-bond acceptors (Lipinski definition) is 7. The van der Waals surface area contributed by atoms with Gasteiger partial charge in [-0.25, -0.2) is 0 Å². The van der Waals surface area contributed by atoms with Crippen molar-refractivity contribution < 1.29 is 25.2 Å². The highest BCUT2D eigenvalue weighted by molar-refractivity contribution is 5.80. The van der Waals surface area contributed by atoms with Crippen LogP contribution in [0.15, 0.2) is 5.11 Å². The molecule has 0 aromatic carbocycles. The molecule has 0 saturated carbocycles. The first-order valence-corrected chi connectivity index (χ1v) is 6.86. The molecule has 0 heterocycles. The Morgan fingerprint density at radius 1 is 1.23 bits per heavy atom. The molecule has 0 bridgehead atoms. The van der Waals surface area contributed by atoms with Gasteiger partial charge in [-0.1, -0.05) is 19.0 Å². The fourth-order valence-corrected chi connectivity index (χ4v) is 2.25. The lowest BCUT2D eigenvalue weighted by atomic mass is 9.99. The molecule has 0 aliphatic rings. The Labute approximate surface area is 128 Å². The molecule has 0 saturated heterocycles. The molecule has 1 amide bonds. The zero-order chi connectivity index (χ0) is 17.4. The maximum atomic E-state index is 11.4. The van der Waals surface area contributed by atoms with E-state index in [4.69, 9.17) is 11.3 Å². The standard InChI is InChI=1S/C12H25N5O5/c1-6(2)9(12(13)22)17(3)5-8(19)11(21)10(20)7(18)4-15-16-14/h6-11,18-21H,4-5H2,1-3H3,(H2,13,22). The van der Waals surface area contributed by atoms with E-state index in [2.05, 4.69) is 10.0 Å². The van der Waals surface area contributed by atoms with E-state index < -0.39 is 42.9 Å². The Morgan fingerprint density at radius 3 is 2.14 bits per heavy atom. The van der Waals surface area contributed by atoms with Gasteiger partial charge >= 0.3 is 0 Å². The molecule has 0 aromatic heterocycles. The number of primary amides is 1. The van der Waals surface area contributed by atoms with E-state index in [1.165, 1.54) is 4.90 Å². The maximum absolute atomic E-state index is 11.4. The predicted octanol–water partition coefficient (Wildman–Crippen LogP) is -1.82. The number of rotatable bonds is 10. The molecule has 5 atom stereocenters. The summed E-state index contributed by atoms with van der Waals surface area (Å²) in [5.41, 5.74) is 13.4. The molecule has 10 nitrogen and oxygen atoms in total. The highest BCUT2D eigenvalue weighted by Gasteiger charge is 2.33. The second-order valence-corrected chi connectivity index (χ2v) is 5.56. The third-order valence-corrected chi connectivity index (χ3v) is 3.34. The summed E-state index contributed by atoms with van der Waals surface area (Å²) < 4.78 is 0. The molecule has 6 N–H and O–H groups in total. The molecule has 22 heavy (non-hydrogen) atoms. The predicted molar refractivity (Wildman–Crippen MR) is 78.5 cm³/mol. The minimum atomic E-state index is -1.69. The summed E-state index contributed by atoms with van der Waals surface area (Å²) in [5, 5.41) is 42.0. The topological polar surface area (TPSA) is 176 Å². The number of amides is 1. The summed E-state index contributed by atoms with van der Waals surface area (Å²) in [4.78, 5) is 15.3. The van der Waals surface area contributed by atoms with Gasteiger partial charge in [-0.3, -0.25) is 9.69 Å². The number of nitrogens with zero attached hydrogens (tertiary/aromatic N) is 4. The average molecular weight is 319 g/mol. The smallest absolute Gasteiger partial charge is 0.235 e. The van der Waals surface area contributed by atoms with E-state index in [0.29, 0.717) is 0 Å². The molecule has 0 radical (unpaired) electrons. The van der Waals surface area contributed by atoms with Crippen LogP contribution in [0.1, 0.15) is 13.8 Å². The Balaban J connectivity index is 4.71. The lowest BCUT2D eigenvalue weighted by Gasteiger charge is -2.33. The zero-order valence-electron chi connectivity index (χ0n) is 12.9. The van der Waals surface area contributed by atoms with Crippen LogP contribution in [0, 0.1) is 5.92 Å². The first-order valence-electron chi connectivity index (χ1n) is 6.86. The fourth-order valence-electron chi connectivity index (χ4n) is 2.25. The van der Waals surface area contributed by atoms with Crippen LogP contribution in [0.2, 0.25) is 0 Å². The van der Waals surface area contributed by atoms with E-state index in [1.807, 2.05) is 0 Å². The van der Waals surface area contributed by atoms with Crippen LogP contribution in [0.3, 0.4) is 0 Å². The van der Waals surface area contributed by atoms with Gasteiger partial charge in [-0.15, -0.1) is 0 Å². The van der Waals surface area contributed by atoms with Gasteiger partial charge in [0.05, 0.1) is 24.8 Å². The van der Waals surface area contributed by atoms with E-state index >= 15 is 0 Å². The summed E-state index contributed by atoms with van der Waals surface area (Å²) in [7, 11) is 1.55. The Morgan fingerprint density at radius 2 is 1.73 bits per heavy atom. The zero-order valence-corrected chi connectivity index (χ0v) is 12.9. The number of nitrogens with two attached hydrogens (primary N) is 1. The molecule has 0 aliphatic carbocycles. The van der Waals surface area contributed by atoms with Crippen LogP contribution < -0.4 is 5.73 Å². The molecule has 128 valence electrons. The number of carbonyl (C=O) groups excluding carboxylic acids is 1. The number of hydrogen-bond donors (Lipinski definition) is 5. The normalized spacial score (nSPS) is 18.4. The molecule has 10 heteroatoms. The highest BCUT2D eigenvalue weighted by atomic mass is 16.4. The van der Waals surface area contributed by atoms with Crippen LogP contribution in [0.4, 0.5) is 0 Å². The number of carbonyl (C=O) groups is 1. The van der Waals surface area contributed by atoms with E-state index in [9.17, 15) is 25.2 Å². The van der Waals surface area contributed by atoms with Gasteiger partial charge in [0.25, 0.3) is 0 Å². The molecule has 0 rings (SSSR count). The number of likely N-dealkylation sites (N-methyl/N-ethyl adjacent to an activating group) is 1. The van der Waals surface area contributed by atoms with Crippen molar-refractivity contribution in [3.63, 3.8) is 0 Å². The third kappa shape index (κ3) is 6.14. The lowest BCUT2D eigenvalue weighted by Crippen LogP contribution is -2.53. The first-order chi connectivity index (χ1) is 10.1. The van der Waals surface area contributed by atoms with Crippen molar-refractivity contribution in [1.82, 2.24) is 4.90 Å². The van der Waals surface area contributed by atoms with Gasteiger partial charge in [-0.2, -0.15) is 0 Å². The van der Waals surface area contributed by atoms with E-state index in [-0.39, 0.29) is 12.5 Å². The molecule has 0 spiro atoms. The quantitative estimate of drug-likeness (QED) is 0.180. The minimum absolute atomic E-state index is 0.104. The van der Waals surface area contributed by atoms with Crippen molar-refractivity contribution in [3.05, 3.63) is 10.4 Å². The van der Waals surface area contributed by atoms with E-state index in [0.717, 1.165) is 0 Å². The lowest BCUT2D eigenvalue weighted by molar-refractivity contribution is -0.128. The van der Waals surface area contributed by atoms with Crippen molar-refractivity contribution in [2.75, 3.05) is 20.1 Å². The molecule has 0 aromatic rings. The van der Waals surface area contributed by atoms with Gasteiger partial charge in [0.2, 0.25) is 5.91 Å². The van der Waals surface area contributed by atoms with Crippen molar-refractivity contribution in [2.45, 2.75) is 44.3 Å². The molecular weight excluding hydrogens is 294 g/mol. The second kappa shape index (κ2) is 9.57. The Hall–Kier alpha value is -1.42. The molecule has 0 aliphatic heterocycles. The van der Waals surface area contributed by atoms with Crippen molar-refractivity contribution in [2.24, 2.45) is 16.8 Å². The second-order valence-electron chi connectivity index (χ2n) is 5.56. The van der Waals surface area contributed by atoms with Gasteiger partial charge in [0.1, 0.15) is 12.2 Å². The largest absolute Gasteiger partial charge is 0.390 e.